The molecule has 0 radical (unpaired) electrons. The molecule has 0 unspecified atom stereocenters. The van der Waals surface area contributed by atoms with E-state index in [0.717, 1.165) is 42.9 Å². The van der Waals surface area contributed by atoms with Crippen LogP contribution in [0.5, 0.6) is 0 Å². The van der Waals surface area contributed by atoms with E-state index in [1.165, 1.54) is 24.0 Å². The van der Waals surface area contributed by atoms with Gasteiger partial charge >= 0.3 is 0 Å². The van der Waals surface area contributed by atoms with Crippen LogP contribution in [0.25, 0.3) is 5.57 Å². The molecule has 2 aliphatic carbocycles. The van der Waals surface area contributed by atoms with E-state index in [9.17, 15) is 0 Å². The summed E-state index contributed by atoms with van der Waals surface area (Å²) in [5.74, 6) is 1.15. The van der Waals surface area contributed by atoms with Crippen LogP contribution in [-0.2, 0) is 8.99 Å². The van der Waals surface area contributed by atoms with Gasteiger partial charge in [0, 0.05) is 23.3 Å². The number of nitrogens with one attached hydrogen (secondary N) is 1. The fourth-order valence-electron chi connectivity index (χ4n) is 8.52. The van der Waals surface area contributed by atoms with E-state index >= 15 is 4.57 Å². The Kier molecular flexibility index (Phi) is 10.8. The Morgan fingerprint density at radius 2 is 1.33 bits per heavy atom. The third kappa shape index (κ3) is 7.35. The van der Waals surface area contributed by atoms with Crippen molar-refractivity contribution in [3.63, 3.8) is 0 Å². The highest BCUT2D eigenvalue weighted by molar-refractivity contribution is 7.76. The number of rotatable bonds is 17. The van der Waals surface area contributed by atoms with Gasteiger partial charge in [-0.25, -0.2) is 0 Å². The topological polar surface area (TPSA) is 38.3 Å². The second-order valence-electron chi connectivity index (χ2n) is 14.9. The SMILES string of the molecule is C=C(CC1([C@@H](NP(=O)(c2ccccc2)c2ccccc2)[C@H]2C[C@@H]2CCCO[Si](C(C)C)(C(C)C)C(C)C)CC1)c1ccccc1. The molecular weight excluding hydrogens is 586 g/mol. The van der Waals surface area contributed by atoms with Crippen molar-refractivity contribution in [3.05, 3.63) is 103 Å². The first-order valence-electron chi connectivity index (χ1n) is 17.4. The molecule has 0 heterocycles. The minimum atomic E-state index is -3.08. The second-order valence-corrected chi connectivity index (χ2v) is 22.8. The smallest absolute Gasteiger partial charge is 0.204 e. The van der Waals surface area contributed by atoms with Gasteiger partial charge in [0.15, 0.2) is 8.32 Å². The molecule has 2 aliphatic rings. The van der Waals surface area contributed by atoms with Gasteiger partial charge in [0.2, 0.25) is 7.29 Å². The van der Waals surface area contributed by atoms with Crippen molar-refractivity contribution in [2.75, 3.05) is 6.61 Å². The molecule has 5 rings (SSSR count). The molecule has 3 nitrogen and oxygen atoms in total. The van der Waals surface area contributed by atoms with Crippen LogP contribution >= 0.6 is 7.29 Å². The van der Waals surface area contributed by atoms with E-state index in [1.54, 1.807) is 0 Å². The minimum absolute atomic E-state index is 0.0804. The highest BCUT2D eigenvalue weighted by atomic mass is 31.2. The van der Waals surface area contributed by atoms with Crippen molar-refractivity contribution >= 4 is 31.8 Å². The third-order valence-corrected chi connectivity index (χ3v) is 19.9. The van der Waals surface area contributed by atoms with Crippen LogP contribution in [0.15, 0.2) is 97.6 Å². The summed E-state index contributed by atoms with van der Waals surface area (Å²) in [4.78, 5) is 0. The number of hydrogen-bond acceptors (Lipinski definition) is 2. The number of benzene rings is 3. The van der Waals surface area contributed by atoms with Crippen molar-refractivity contribution in [2.45, 2.75) is 103 Å². The van der Waals surface area contributed by atoms with Crippen molar-refractivity contribution in [3.8, 4) is 0 Å². The van der Waals surface area contributed by atoms with Crippen LogP contribution in [0.1, 0.15) is 85.6 Å². The summed E-state index contributed by atoms with van der Waals surface area (Å²) in [6.07, 6.45) is 6.72. The summed E-state index contributed by atoms with van der Waals surface area (Å²) in [6.45, 7) is 19.6. The molecule has 242 valence electrons. The van der Waals surface area contributed by atoms with Crippen molar-refractivity contribution < 1.29 is 8.99 Å². The molecule has 2 fully saturated rings. The maximum atomic E-state index is 15.3. The third-order valence-electron chi connectivity index (χ3n) is 11.0. The van der Waals surface area contributed by atoms with Crippen LogP contribution in [0.4, 0.5) is 0 Å². The average molecular weight is 642 g/mol. The van der Waals surface area contributed by atoms with E-state index in [0.29, 0.717) is 28.5 Å². The number of allylic oxidation sites excluding steroid dienone is 1. The van der Waals surface area contributed by atoms with Gasteiger partial charge in [-0.3, -0.25) is 9.65 Å². The average Bonchev–Trinajstić information content (AvgIpc) is 3.98. The van der Waals surface area contributed by atoms with Crippen molar-refractivity contribution in [2.24, 2.45) is 17.3 Å². The molecule has 0 spiro atoms. The van der Waals surface area contributed by atoms with Crippen LogP contribution in [0, 0.1) is 17.3 Å². The lowest BCUT2D eigenvalue weighted by atomic mass is 9.84. The van der Waals surface area contributed by atoms with E-state index in [1.807, 2.05) is 60.7 Å². The molecule has 5 heteroatoms. The maximum absolute atomic E-state index is 15.3. The lowest BCUT2D eigenvalue weighted by Crippen LogP contribution is -2.48. The molecule has 0 aromatic heterocycles. The summed E-state index contributed by atoms with van der Waals surface area (Å²) in [5, 5.41) is 5.75. The Balaban J connectivity index is 1.37. The quantitative estimate of drug-likeness (QED) is 0.0906. The largest absolute Gasteiger partial charge is 0.416 e. The standard InChI is InChI=1S/C40H56NO2PSi/c1-30(2)45(31(3)4,32(5)6)43-27-17-20-35-28-38(35)39(40(25-26-40)29-33(7)34-18-11-8-12-19-34)41-44(42,36-21-13-9-14-22-36)37-23-15-10-16-24-37/h8-16,18-19,21-24,30-32,35,38-39H,7,17,20,25-29H2,1-6H3,(H,41,42)/t35-,38-,39-/m0/s1. The van der Waals surface area contributed by atoms with E-state index in [4.69, 9.17) is 4.43 Å². The fraction of sp³-hybridized carbons (Fsp3) is 0.500. The van der Waals surface area contributed by atoms with E-state index in [2.05, 4.69) is 83.5 Å². The first-order valence-corrected chi connectivity index (χ1v) is 21.2. The van der Waals surface area contributed by atoms with Gasteiger partial charge in [0.25, 0.3) is 0 Å². The minimum Gasteiger partial charge on any atom is -0.416 e. The predicted molar refractivity (Wildman–Crippen MR) is 196 cm³/mol. The molecule has 0 saturated heterocycles. The summed E-state index contributed by atoms with van der Waals surface area (Å²) >= 11 is 0. The van der Waals surface area contributed by atoms with Gasteiger partial charge < -0.3 is 4.43 Å². The second kappa shape index (κ2) is 14.3. The van der Waals surface area contributed by atoms with Crippen LogP contribution in [0.3, 0.4) is 0 Å². The predicted octanol–water partition coefficient (Wildman–Crippen LogP) is 10.4. The number of hydrogen-bond donors (Lipinski definition) is 1. The van der Waals surface area contributed by atoms with Crippen LogP contribution in [0.2, 0.25) is 16.6 Å². The fourth-order valence-corrected chi connectivity index (χ4v) is 16.7. The highest BCUT2D eigenvalue weighted by Crippen LogP contribution is 2.63. The Hall–Kier alpha value is -2.23. The zero-order valence-corrected chi connectivity index (χ0v) is 30.4. The Morgan fingerprint density at radius 1 is 0.844 bits per heavy atom. The summed E-state index contributed by atoms with van der Waals surface area (Å²) in [5.41, 5.74) is 4.32. The first kappa shape index (κ1) is 34.1. The van der Waals surface area contributed by atoms with Gasteiger partial charge in [0.05, 0.1) is 0 Å². The Bertz CT molecular complexity index is 1370. The molecule has 3 aromatic carbocycles. The molecule has 0 bridgehead atoms. The molecule has 1 N–H and O–H groups in total. The van der Waals surface area contributed by atoms with Crippen LogP contribution in [-0.4, -0.2) is 21.0 Å². The van der Waals surface area contributed by atoms with Crippen LogP contribution < -0.4 is 15.7 Å². The Morgan fingerprint density at radius 3 is 1.80 bits per heavy atom. The zero-order valence-electron chi connectivity index (χ0n) is 28.5. The monoisotopic (exact) mass is 641 g/mol. The van der Waals surface area contributed by atoms with Gasteiger partial charge in [0.1, 0.15) is 0 Å². The lowest BCUT2D eigenvalue weighted by molar-refractivity contribution is 0.262. The molecule has 0 aliphatic heterocycles. The lowest BCUT2D eigenvalue weighted by Gasteiger charge is -2.42. The van der Waals surface area contributed by atoms with Gasteiger partial charge in [-0.15, -0.1) is 0 Å². The summed E-state index contributed by atoms with van der Waals surface area (Å²) in [7, 11) is -4.93. The van der Waals surface area contributed by atoms with E-state index in [-0.39, 0.29) is 11.5 Å². The molecule has 45 heavy (non-hydrogen) atoms. The maximum Gasteiger partial charge on any atom is 0.204 e. The van der Waals surface area contributed by atoms with Crippen molar-refractivity contribution in [1.82, 2.24) is 5.09 Å². The normalized spacial score (nSPS) is 20.0. The zero-order chi connectivity index (χ0) is 32.2. The molecule has 2 saturated carbocycles. The summed E-state index contributed by atoms with van der Waals surface area (Å²) in [6, 6.07) is 31.0. The Labute approximate surface area is 274 Å². The van der Waals surface area contributed by atoms with Gasteiger partial charge in [-0.1, -0.05) is 115 Å². The van der Waals surface area contributed by atoms with E-state index < -0.39 is 15.6 Å². The van der Waals surface area contributed by atoms with Gasteiger partial charge in [-0.05, 0) is 108 Å². The van der Waals surface area contributed by atoms with Gasteiger partial charge in [-0.2, -0.15) is 0 Å². The summed E-state index contributed by atoms with van der Waals surface area (Å²) < 4.78 is 22.2. The first-order chi connectivity index (χ1) is 21.5. The molecular formula is C40H56NO2PSi. The molecule has 3 aromatic rings. The molecule has 0 amide bonds. The highest BCUT2D eigenvalue weighted by Gasteiger charge is 2.59. The molecule has 3 atom stereocenters. The van der Waals surface area contributed by atoms with Crippen molar-refractivity contribution in [1.29, 1.82) is 0 Å².